The molecule has 110 valence electrons. The van der Waals surface area contributed by atoms with E-state index in [9.17, 15) is 4.39 Å². The van der Waals surface area contributed by atoms with E-state index in [4.69, 9.17) is 0 Å². The van der Waals surface area contributed by atoms with E-state index in [1.165, 1.54) is 6.07 Å². The van der Waals surface area contributed by atoms with Crippen LogP contribution in [0.5, 0.6) is 0 Å². The summed E-state index contributed by atoms with van der Waals surface area (Å²) in [6.07, 6.45) is 2.27. The minimum absolute atomic E-state index is 0.284. The highest BCUT2D eigenvalue weighted by atomic mass is 19.1. The summed E-state index contributed by atoms with van der Waals surface area (Å²) in [5.41, 5.74) is 1.34. The summed E-state index contributed by atoms with van der Waals surface area (Å²) < 4.78 is 13.8. The average Bonchev–Trinajstić information content (AvgIpc) is 3.30. The van der Waals surface area contributed by atoms with Crippen LogP contribution in [0.3, 0.4) is 0 Å². The van der Waals surface area contributed by atoms with E-state index in [1.807, 2.05) is 13.8 Å². The Bertz CT molecular complexity index is 653. The van der Waals surface area contributed by atoms with Crippen LogP contribution in [0, 0.1) is 12.7 Å². The van der Waals surface area contributed by atoms with Crippen LogP contribution in [-0.2, 0) is 0 Å². The molecule has 21 heavy (non-hydrogen) atoms. The lowest BCUT2D eigenvalue weighted by atomic mass is 10.2. The van der Waals surface area contributed by atoms with Crippen molar-refractivity contribution in [2.45, 2.75) is 32.6 Å². The predicted octanol–water partition coefficient (Wildman–Crippen LogP) is 3.98. The quantitative estimate of drug-likeness (QED) is 0.873. The lowest BCUT2D eigenvalue weighted by molar-refractivity contribution is 0.631. The number of anilines is 3. The fourth-order valence-corrected chi connectivity index (χ4v) is 2.21. The molecule has 2 aromatic rings. The van der Waals surface area contributed by atoms with Crippen LogP contribution >= 0.6 is 0 Å². The Balaban J connectivity index is 1.98. The molecule has 2 N–H and O–H groups in total. The molecule has 0 spiro atoms. The Labute approximate surface area is 123 Å². The first-order valence-corrected chi connectivity index (χ1v) is 7.33. The maximum absolute atomic E-state index is 13.8. The van der Waals surface area contributed by atoms with Crippen molar-refractivity contribution in [3.05, 3.63) is 41.5 Å². The van der Waals surface area contributed by atoms with Crippen LogP contribution in [0.4, 0.5) is 21.7 Å². The molecule has 1 saturated carbocycles. The van der Waals surface area contributed by atoms with Crippen LogP contribution in [0.25, 0.3) is 0 Å². The number of hydrogen-bond donors (Lipinski definition) is 2. The molecule has 4 nitrogen and oxygen atoms in total. The van der Waals surface area contributed by atoms with Crippen molar-refractivity contribution in [2.75, 3.05) is 17.2 Å². The molecule has 1 aromatic carbocycles. The van der Waals surface area contributed by atoms with Gasteiger partial charge in [0.15, 0.2) is 0 Å². The number of para-hydroxylation sites is 1. The maximum Gasteiger partial charge on any atom is 0.146 e. The zero-order valence-electron chi connectivity index (χ0n) is 12.3. The normalized spacial score (nSPS) is 14.0. The second-order valence-corrected chi connectivity index (χ2v) is 5.31. The summed E-state index contributed by atoms with van der Waals surface area (Å²) in [6.45, 7) is 4.77. The van der Waals surface area contributed by atoms with Gasteiger partial charge < -0.3 is 10.6 Å². The third kappa shape index (κ3) is 2.96. The second kappa shape index (κ2) is 5.68. The van der Waals surface area contributed by atoms with Gasteiger partial charge in [-0.15, -0.1) is 0 Å². The van der Waals surface area contributed by atoms with Gasteiger partial charge in [-0.1, -0.05) is 12.1 Å². The molecule has 0 saturated heterocycles. The van der Waals surface area contributed by atoms with Gasteiger partial charge in [-0.2, -0.15) is 0 Å². The number of rotatable bonds is 5. The number of nitrogens with one attached hydrogen (secondary N) is 2. The molecule has 1 aliphatic carbocycles. The van der Waals surface area contributed by atoms with E-state index < -0.39 is 0 Å². The average molecular weight is 286 g/mol. The fourth-order valence-electron chi connectivity index (χ4n) is 2.21. The van der Waals surface area contributed by atoms with Gasteiger partial charge in [-0.25, -0.2) is 14.4 Å². The Hall–Kier alpha value is -2.17. The van der Waals surface area contributed by atoms with Gasteiger partial charge in [0.2, 0.25) is 0 Å². The predicted molar refractivity (Wildman–Crippen MR) is 82.6 cm³/mol. The molecule has 3 rings (SSSR count). The maximum atomic E-state index is 13.8. The molecule has 5 heteroatoms. The summed E-state index contributed by atoms with van der Waals surface area (Å²) in [6, 6.07) is 6.62. The molecule has 1 heterocycles. The summed E-state index contributed by atoms with van der Waals surface area (Å²) in [4.78, 5) is 9.18. The minimum atomic E-state index is -0.284. The zero-order chi connectivity index (χ0) is 14.8. The van der Waals surface area contributed by atoms with E-state index in [0.717, 1.165) is 36.6 Å². The Morgan fingerprint density at radius 1 is 1.19 bits per heavy atom. The van der Waals surface area contributed by atoms with Crippen molar-refractivity contribution < 1.29 is 4.39 Å². The van der Waals surface area contributed by atoms with Crippen molar-refractivity contribution in [1.29, 1.82) is 0 Å². The molecular formula is C16H19FN4. The van der Waals surface area contributed by atoms with Crippen molar-refractivity contribution in [1.82, 2.24) is 9.97 Å². The van der Waals surface area contributed by atoms with E-state index in [0.29, 0.717) is 17.4 Å². The summed E-state index contributed by atoms with van der Waals surface area (Å²) in [5, 5.41) is 6.35. The topological polar surface area (TPSA) is 49.8 Å². The Morgan fingerprint density at radius 2 is 1.90 bits per heavy atom. The van der Waals surface area contributed by atoms with E-state index >= 15 is 0 Å². The first-order chi connectivity index (χ1) is 10.2. The van der Waals surface area contributed by atoms with Gasteiger partial charge in [0.25, 0.3) is 0 Å². The van der Waals surface area contributed by atoms with Crippen molar-refractivity contribution in [3.8, 4) is 0 Å². The highest BCUT2D eigenvalue weighted by Crippen LogP contribution is 2.40. The number of halogens is 1. The van der Waals surface area contributed by atoms with Crippen LogP contribution in [-0.4, -0.2) is 16.5 Å². The standard InChI is InChI=1S/C16H19FN4/c1-3-18-14-10(2)15(21-16(20-14)11-8-9-11)19-13-7-5-4-6-12(13)17/h4-7,11H,3,8-9H2,1-2H3,(H2,18,19,20,21). The molecule has 0 unspecified atom stereocenters. The smallest absolute Gasteiger partial charge is 0.146 e. The van der Waals surface area contributed by atoms with Gasteiger partial charge in [0.1, 0.15) is 23.3 Å². The highest BCUT2D eigenvalue weighted by Gasteiger charge is 2.28. The van der Waals surface area contributed by atoms with E-state index in [-0.39, 0.29) is 5.82 Å². The summed E-state index contributed by atoms with van der Waals surface area (Å²) in [5.74, 6) is 2.51. The minimum Gasteiger partial charge on any atom is -0.370 e. The summed E-state index contributed by atoms with van der Waals surface area (Å²) in [7, 11) is 0. The molecular weight excluding hydrogens is 267 g/mol. The molecule has 1 aliphatic rings. The first-order valence-electron chi connectivity index (χ1n) is 7.33. The largest absolute Gasteiger partial charge is 0.370 e. The van der Waals surface area contributed by atoms with E-state index in [1.54, 1.807) is 18.2 Å². The summed E-state index contributed by atoms with van der Waals surface area (Å²) >= 11 is 0. The molecule has 0 radical (unpaired) electrons. The van der Waals surface area contributed by atoms with Gasteiger partial charge in [-0.05, 0) is 38.8 Å². The van der Waals surface area contributed by atoms with Gasteiger partial charge in [0, 0.05) is 18.0 Å². The molecule has 0 atom stereocenters. The third-order valence-corrected chi connectivity index (χ3v) is 3.58. The van der Waals surface area contributed by atoms with Gasteiger partial charge in [0.05, 0.1) is 5.69 Å². The van der Waals surface area contributed by atoms with E-state index in [2.05, 4.69) is 20.6 Å². The number of hydrogen-bond acceptors (Lipinski definition) is 4. The van der Waals surface area contributed by atoms with Crippen molar-refractivity contribution in [3.63, 3.8) is 0 Å². The molecule has 0 aliphatic heterocycles. The molecule has 1 fully saturated rings. The SMILES string of the molecule is CCNc1nc(C2CC2)nc(Nc2ccccc2F)c1C. The lowest BCUT2D eigenvalue weighted by Crippen LogP contribution is -2.09. The number of benzene rings is 1. The fraction of sp³-hybridized carbons (Fsp3) is 0.375. The van der Waals surface area contributed by atoms with Gasteiger partial charge in [-0.3, -0.25) is 0 Å². The monoisotopic (exact) mass is 286 g/mol. The third-order valence-electron chi connectivity index (χ3n) is 3.58. The molecule has 0 bridgehead atoms. The van der Waals surface area contributed by atoms with Crippen LogP contribution < -0.4 is 10.6 Å². The Kier molecular flexibility index (Phi) is 3.73. The number of nitrogens with zero attached hydrogens (tertiary/aromatic N) is 2. The Morgan fingerprint density at radius 3 is 2.57 bits per heavy atom. The molecule has 0 amide bonds. The highest BCUT2D eigenvalue weighted by molar-refractivity contribution is 5.65. The van der Waals surface area contributed by atoms with Crippen LogP contribution in [0.2, 0.25) is 0 Å². The zero-order valence-corrected chi connectivity index (χ0v) is 12.3. The molecule has 1 aromatic heterocycles. The number of aromatic nitrogens is 2. The van der Waals surface area contributed by atoms with Crippen LogP contribution in [0.15, 0.2) is 24.3 Å². The first kappa shape index (κ1) is 13.8. The van der Waals surface area contributed by atoms with Crippen molar-refractivity contribution >= 4 is 17.3 Å². The second-order valence-electron chi connectivity index (χ2n) is 5.31. The van der Waals surface area contributed by atoms with Crippen LogP contribution in [0.1, 0.15) is 37.1 Å². The lowest BCUT2D eigenvalue weighted by Gasteiger charge is -2.15. The van der Waals surface area contributed by atoms with Gasteiger partial charge >= 0.3 is 0 Å². The van der Waals surface area contributed by atoms with Crippen molar-refractivity contribution in [2.24, 2.45) is 0 Å².